The van der Waals surface area contributed by atoms with Crippen molar-refractivity contribution < 1.29 is 9.21 Å². The van der Waals surface area contributed by atoms with Gasteiger partial charge in [-0.25, -0.2) is 4.98 Å². The lowest BCUT2D eigenvalue weighted by molar-refractivity contribution is -0.115. The third kappa shape index (κ3) is 3.34. The zero-order chi connectivity index (χ0) is 18.1. The Hall–Kier alpha value is -3.06. The first-order valence-electron chi connectivity index (χ1n) is 8.14. The molecule has 0 aliphatic rings. The molecule has 7 heteroatoms. The molecule has 0 saturated heterocycles. The van der Waals surface area contributed by atoms with Crippen LogP contribution in [0.25, 0.3) is 21.5 Å². The van der Waals surface area contributed by atoms with Gasteiger partial charge in [0, 0.05) is 0 Å². The fraction of sp³-hybridized carbons (Fsp3) is 0.158. The highest BCUT2D eigenvalue weighted by Crippen LogP contribution is 2.29. The van der Waals surface area contributed by atoms with Crippen LogP contribution in [0.5, 0.6) is 0 Å². The smallest absolute Gasteiger partial charge is 0.322 e. The van der Waals surface area contributed by atoms with Gasteiger partial charge in [0.1, 0.15) is 4.88 Å². The number of carbonyl (C=O) groups is 1. The lowest BCUT2D eigenvalue weighted by Crippen LogP contribution is -2.14. The van der Waals surface area contributed by atoms with E-state index in [1.165, 1.54) is 11.3 Å². The van der Waals surface area contributed by atoms with Crippen molar-refractivity contribution in [1.29, 1.82) is 0 Å². The number of anilines is 1. The number of nitrogens with one attached hydrogen (secondary N) is 1. The van der Waals surface area contributed by atoms with Gasteiger partial charge < -0.3 is 4.42 Å². The first kappa shape index (κ1) is 16.4. The summed E-state index contributed by atoms with van der Waals surface area (Å²) >= 11 is 1.48. The van der Waals surface area contributed by atoms with E-state index in [0.717, 1.165) is 31.9 Å². The SMILES string of the molecule is Cc1nc(C)c(-c2nnc(NC(=O)Cc3ccc4ccccc4c3)o2)s1. The number of aryl methyl sites for hydroxylation is 2. The van der Waals surface area contributed by atoms with Gasteiger partial charge in [-0.2, -0.15) is 0 Å². The van der Waals surface area contributed by atoms with Crippen molar-refractivity contribution in [2.24, 2.45) is 0 Å². The summed E-state index contributed by atoms with van der Waals surface area (Å²) in [6.07, 6.45) is 0.237. The number of amides is 1. The van der Waals surface area contributed by atoms with Gasteiger partial charge in [0.25, 0.3) is 5.89 Å². The molecule has 0 radical (unpaired) electrons. The van der Waals surface area contributed by atoms with Crippen LogP contribution in [0.4, 0.5) is 6.01 Å². The zero-order valence-corrected chi connectivity index (χ0v) is 15.1. The van der Waals surface area contributed by atoms with E-state index in [0.29, 0.717) is 5.89 Å². The predicted molar refractivity (Wildman–Crippen MR) is 101 cm³/mol. The second kappa shape index (κ2) is 6.68. The van der Waals surface area contributed by atoms with Crippen LogP contribution in [-0.4, -0.2) is 21.1 Å². The zero-order valence-electron chi connectivity index (χ0n) is 14.3. The third-order valence-corrected chi connectivity index (χ3v) is 5.01. The van der Waals surface area contributed by atoms with Gasteiger partial charge in [-0.1, -0.05) is 47.6 Å². The maximum atomic E-state index is 12.3. The number of nitrogens with zero attached hydrogens (tertiary/aromatic N) is 3. The number of carbonyl (C=O) groups excluding carboxylic acids is 1. The Morgan fingerprint density at radius 1 is 1.12 bits per heavy atom. The molecular weight excluding hydrogens is 348 g/mol. The number of benzene rings is 2. The fourth-order valence-corrected chi connectivity index (χ4v) is 3.63. The number of thiazole rings is 1. The van der Waals surface area contributed by atoms with Gasteiger partial charge in [0.05, 0.1) is 17.1 Å². The molecule has 130 valence electrons. The van der Waals surface area contributed by atoms with Gasteiger partial charge in [0.2, 0.25) is 5.91 Å². The van der Waals surface area contributed by atoms with Gasteiger partial charge in [0.15, 0.2) is 0 Å². The molecule has 0 atom stereocenters. The molecule has 2 heterocycles. The Morgan fingerprint density at radius 3 is 2.69 bits per heavy atom. The fourth-order valence-electron chi connectivity index (χ4n) is 2.79. The van der Waals surface area contributed by atoms with Crippen LogP contribution in [0.15, 0.2) is 46.9 Å². The molecule has 4 aromatic rings. The summed E-state index contributed by atoms with van der Waals surface area (Å²) < 4.78 is 5.56. The second-order valence-corrected chi connectivity index (χ2v) is 7.17. The molecule has 2 aromatic heterocycles. The minimum absolute atomic E-state index is 0.0937. The van der Waals surface area contributed by atoms with Gasteiger partial charge in [-0.05, 0) is 30.2 Å². The number of rotatable bonds is 4. The van der Waals surface area contributed by atoms with E-state index in [9.17, 15) is 4.79 Å². The van der Waals surface area contributed by atoms with Crippen LogP contribution in [0.3, 0.4) is 0 Å². The van der Waals surface area contributed by atoms with E-state index in [4.69, 9.17) is 4.42 Å². The second-order valence-electron chi connectivity index (χ2n) is 5.97. The summed E-state index contributed by atoms with van der Waals surface area (Å²) in [6, 6.07) is 14.1. The number of hydrogen-bond acceptors (Lipinski definition) is 6. The summed E-state index contributed by atoms with van der Waals surface area (Å²) in [6.45, 7) is 3.81. The van der Waals surface area contributed by atoms with Crippen molar-refractivity contribution in [3.8, 4) is 10.8 Å². The first-order chi connectivity index (χ1) is 12.6. The molecule has 0 unspecified atom stereocenters. The molecule has 1 N–H and O–H groups in total. The Bertz CT molecular complexity index is 1100. The highest BCUT2D eigenvalue weighted by atomic mass is 32.1. The molecule has 0 bridgehead atoms. The van der Waals surface area contributed by atoms with E-state index < -0.39 is 0 Å². The van der Waals surface area contributed by atoms with E-state index in [1.807, 2.05) is 56.3 Å². The van der Waals surface area contributed by atoms with Crippen LogP contribution < -0.4 is 5.32 Å². The third-order valence-electron chi connectivity index (χ3n) is 3.95. The van der Waals surface area contributed by atoms with Crippen LogP contribution in [0.1, 0.15) is 16.3 Å². The average Bonchev–Trinajstić information content (AvgIpc) is 3.20. The van der Waals surface area contributed by atoms with E-state index >= 15 is 0 Å². The van der Waals surface area contributed by atoms with E-state index in [2.05, 4.69) is 20.5 Å². The molecule has 26 heavy (non-hydrogen) atoms. The molecule has 2 aromatic carbocycles. The van der Waals surface area contributed by atoms with Crippen LogP contribution in [-0.2, 0) is 11.2 Å². The summed E-state index contributed by atoms with van der Waals surface area (Å²) in [5.41, 5.74) is 1.76. The van der Waals surface area contributed by atoms with Gasteiger partial charge >= 0.3 is 6.01 Å². The van der Waals surface area contributed by atoms with Crippen molar-refractivity contribution in [2.45, 2.75) is 20.3 Å². The monoisotopic (exact) mass is 364 g/mol. The summed E-state index contributed by atoms with van der Waals surface area (Å²) in [7, 11) is 0. The van der Waals surface area contributed by atoms with E-state index in [-0.39, 0.29) is 18.3 Å². The summed E-state index contributed by atoms with van der Waals surface area (Å²) in [5.74, 6) is 0.168. The van der Waals surface area contributed by atoms with Crippen molar-refractivity contribution in [3.63, 3.8) is 0 Å². The predicted octanol–water partition coefficient (Wildman–Crippen LogP) is 4.14. The van der Waals surface area contributed by atoms with Crippen LogP contribution >= 0.6 is 11.3 Å². The minimum atomic E-state index is -0.201. The molecule has 6 nitrogen and oxygen atoms in total. The molecule has 0 aliphatic carbocycles. The molecule has 1 amide bonds. The largest absolute Gasteiger partial charge is 0.402 e. The average molecular weight is 364 g/mol. The normalized spacial score (nSPS) is 11.0. The van der Waals surface area contributed by atoms with Crippen LogP contribution in [0, 0.1) is 13.8 Å². The molecule has 0 fully saturated rings. The van der Waals surface area contributed by atoms with Crippen molar-refractivity contribution in [1.82, 2.24) is 15.2 Å². The summed E-state index contributed by atoms with van der Waals surface area (Å²) in [4.78, 5) is 17.5. The molecule has 0 saturated carbocycles. The highest BCUT2D eigenvalue weighted by Gasteiger charge is 2.16. The Morgan fingerprint density at radius 2 is 1.92 bits per heavy atom. The first-order valence-corrected chi connectivity index (χ1v) is 8.95. The molecule has 0 spiro atoms. The maximum absolute atomic E-state index is 12.3. The molecule has 4 rings (SSSR count). The molecular formula is C19H16N4O2S. The number of fused-ring (bicyclic) bond motifs is 1. The van der Waals surface area contributed by atoms with Crippen molar-refractivity contribution >= 4 is 34.0 Å². The Kier molecular flexibility index (Phi) is 4.22. The summed E-state index contributed by atoms with van der Waals surface area (Å²) in [5, 5.41) is 13.7. The Labute approximate surface area is 153 Å². The standard InChI is InChI=1S/C19H16N4O2S/c1-11-17(26-12(2)20-11)18-22-23-19(25-18)21-16(24)10-13-7-8-14-5-3-4-6-15(14)9-13/h3-9H,10H2,1-2H3,(H,21,23,24). The van der Waals surface area contributed by atoms with E-state index in [1.54, 1.807) is 0 Å². The lowest BCUT2D eigenvalue weighted by Gasteiger charge is -2.03. The number of aromatic nitrogens is 3. The maximum Gasteiger partial charge on any atom is 0.322 e. The van der Waals surface area contributed by atoms with Gasteiger partial charge in [-0.15, -0.1) is 16.4 Å². The topological polar surface area (TPSA) is 80.9 Å². The Balaban J connectivity index is 1.47. The number of hydrogen-bond donors (Lipinski definition) is 1. The van der Waals surface area contributed by atoms with Crippen LogP contribution in [0.2, 0.25) is 0 Å². The highest BCUT2D eigenvalue weighted by molar-refractivity contribution is 7.15. The minimum Gasteiger partial charge on any atom is -0.402 e. The van der Waals surface area contributed by atoms with Crippen molar-refractivity contribution in [3.05, 3.63) is 58.7 Å². The lowest BCUT2D eigenvalue weighted by atomic mass is 10.1. The van der Waals surface area contributed by atoms with Crippen molar-refractivity contribution in [2.75, 3.05) is 5.32 Å². The van der Waals surface area contributed by atoms with Gasteiger partial charge in [-0.3, -0.25) is 10.1 Å². The quantitative estimate of drug-likeness (QED) is 0.588. The molecule has 0 aliphatic heterocycles.